The Labute approximate surface area is 87.7 Å². The average molecular weight is 212 g/mol. The number of nitrogens with zero attached hydrogens (tertiary/aromatic N) is 2. The number of aromatic nitrogens is 1. The summed E-state index contributed by atoms with van der Waals surface area (Å²) >= 11 is 1.57. The van der Waals surface area contributed by atoms with Gasteiger partial charge in [0.1, 0.15) is 11.3 Å². The highest BCUT2D eigenvalue weighted by Crippen LogP contribution is 2.22. The van der Waals surface area contributed by atoms with E-state index in [-0.39, 0.29) is 12.5 Å². The van der Waals surface area contributed by atoms with E-state index in [1.807, 2.05) is 19.0 Å². The molecule has 0 bridgehead atoms. The Bertz CT molecular complexity index is 298. The van der Waals surface area contributed by atoms with E-state index in [9.17, 15) is 4.79 Å². The largest absolute Gasteiger partial charge is 0.368 e. The van der Waals surface area contributed by atoms with E-state index in [0.717, 1.165) is 16.3 Å². The van der Waals surface area contributed by atoms with Gasteiger partial charge in [0.2, 0.25) is 0 Å². The van der Waals surface area contributed by atoms with Crippen LogP contribution < -0.4 is 10.6 Å². The second kappa shape index (κ2) is 5.07. The second-order valence-electron chi connectivity index (χ2n) is 3.29. The van der Waals surface area contributed by atoms with Gasteiger partial charge in [-0.3, -0.25) is 5.73 Å². The van der Waals surface area contributed by atoms with Crippen molar-refractivity contribution in [1.29, 1.82) is 0 Å². The molecule has 0 saturated heterocycles. The monoisotopic (exact) mass is 212 g/mol. The first-order valence-corrected chi connectivity index (χ1v) is 5.22. The fourth-order valence-electron chi connectivity index (χ4n) is 1.01. The van der Waals surface area contributed by atoms with E-state index in [1.54, 1.807) is 17.5 Å². The summed E-state index contributed by atoms with van der Waals surface area (Å²) in [5.74, 6) is 0. The van der Waals surface area contributed by atoms with Gasteiger partial charge in [0, 0.05) is 33.0 Å². The number of anilines is 1. The predicted octanol–water partition coefficient (Wildman–Crippen LogP) is 0.992. The molecule has 77 valence electrons. The topological polar surface area (TPSA) is 57.0 Å². The van der Waals surface area contributed by atoms with Crippen LogP contribution in [0.4, 0.5) is 5.00 Å². The summed E-state index contributed by atoms with van der Waals surface area (Å²) in [6.07, 6.45) is 3.44. The van der Waals surface area contributed by atoms with Crippen LogP contribution in [-0.4, -0.2) is 31.4 Å². The van der Waals surface area contributed by atoms with Crippen molar-refractivity contribution in [3.05, 3.63) is 11.2 Å². The first-order chi connectivity index (χ1) is 6.63. The van der Waals surface area contributed by atoms with E-state index >= 15 is 0 Å². The molecule has 1 aromatic heterocycles. The number of nitrogens with one attached hydrogen (secondary N) is 1. The van der Waals surface area contributed by atoms with Crippen molar-refractivity contribution in [3.63, 3.8) is 0 Å². The fourth-order valence-corrected chi connectivity index (χ4v) is 1.93. The molecule has 0 spiro atoms. The third-order valence-electron chi connectivity index (χ3n) is 1.78. The molecule has 0 amide bonds. The summed E-state index contributed by atoms with van der Waals surface area (Å²) in [5, 5.41) is 2.01. The van der Waals surface area contributed by atoms with Crippen LogP contribution in [0.3, 0.4) is 0 Å². The summed E-state index contributed by atoms with van der Waals surface area (Å²) in [6.45, 7) is 0. The molecule has 1 rings (SSSR count). The maximum absolute atomic E-state index is 10.2. The molecule has 1 atom stereocenters. The molecule has 1 aromatic rings. The molecular weight excluding hydrogens is 198 g/mol. The first-order valence-electron chi connectivity index (χ1n) is 4.40. The van der Waals surface area contributed by atoms with Gasteiger partial charge in [0.25, 0.3) is 0 Å². The number of hydrogen-bond acceptors (Lipinski definition) is 4. The zero-order chi connectivity index (χ0) is 10.6. The van der Waals surface area contributed by atoms with Crippen LogP contribution in [0.2, 0.25) is 0 Å². The Balaban J connectivity index is 2.55. The van der Waals surface area contributed by atoms with Crippen molar-refractivity contribution in [2.45, 2.75) is 18.9 Å². The van der Waals surface area contributed by atoms with Gasteiger partial charge in [-0.2, -0.15) is 0 Å². The van der Waals surface area contributed by atoms with Crippen molar-refractivity contribution in [1.82, 2.24) is 10.7 Å². The summed E-state index contributed by atoms with van der Waals surface area (Å²) in [7, 11) is 3.92. The number of carbonyl (C=O) groups is 1. The highest BCUT2D eigenvalue weighted by molar-refractivity contribution is 7.15. The van der Waals surface area contributed by atoms with Crippen LogP contribution in [0.25, 0.3) is 0 Å². The van der Waals surface area contributed by atoms with Crippen LogP contribution >= 0.6 is 11.3 Å². The number of rotatable bonds is 5. The molecule has 14 heavy (non-hydrogen) atoms. The Hall–Kier alpha value is -0.940. The molecule has 0 unspecified atom stereocenters. The average Bonchev–Trinajstić information content (AvgIpc) is 2.53. The maximum atomic E-state index is 10.2. The summed E-state index contributed by atoms with van der Waals surface area (Å²) in [4.78, 5) is 16.4. The molecule has 0 fully saturated rings. The lowest BCUT2D eigenvalue weighted by molar-refractivity contribution is -0.108. The van der Waals surface area contributed by atoms with E-state index in [1.165, 1.54) is 0 Å². The van der Waals surface area contributed by atoms with Crippen LogP contribution in [0.1, 0.15) is 11.4 Å². The highest BCUT2D eigenvalue weighted by Gasteiger charge is 2.08. The Morgan fingerprint density at radius 1 is 1.71 bits per heavy atom. The first kappa shape index (κ1) is 11.1. The van der Waals surface area contributed by atoms with Crippen molar-refractivity contribution in [2.75, 3.05) is 19.0 Å². The molecule has 0 saturated carbocycles. The van der Waals surface area contributed by atoms with Crippen LogP contribution in [-0.2, 0) is 11.2 Å². The van der Waals surface area contributed by atoms with E-state index < -0.39 is 0 Å². The number of hydrogen-bond donors (Lipinski definition) is 0. The molecule has 1 radical (unpaired) electrons. The van der Waals surface area contributed by atoms with Gasteiger partial charge in [-0.1, -0.05) is 0 Å². The molecule has 0 aliphatic carbocycles. The molecule has 5 heteroatoms. The van der Waals surface area contributed by atoms with Gasteiger partial charge in [-0.15, -0.1) is 11.3 Å². The maximum Gasteiger partial charge on any atom is 0.121 e. The molecule has 0 aromatic carbocycles. The number of thiazole rings is 1. The quantitative estimate of drug-likeness (QED) is 0.684. The summed E-state index contributed by atoms with van der Waals surface area (Å²) in [5.41, 5.74) is 7.55. The van der Waals surface area contributed by atoms with Crippen LogP contribution in [0, 0.1) is 0 Å². The van der Waals surface area contributed by atoms with Crippen molar-refractivity contribution < 1.29 is 4.79 Å². The third kappa shape index (κ3) is 3.08. The standard InChI is InChI=1S/C9H14N3OS/c1-12(2)9-6-11-8(14-9)5-7(10)3-4-13/h4,6-7,10H,3,5H2,1-2H3/t7-/m1/s1. The fraction of sp³-hybridized carbons (Fsp3) is 0.556. The number of aldehydes is 1. The van der Waals surface area contributed by atoms with Gasteiger partial charge < -0.3 is 9.69 Å². The molecule has 0 aliphatic heterocycles. The minimum Gasteiger partial charge on any atom is -0.368 e. The van der Waals surface area contributed by atoms with E-state index in [0.29, 0.717) is 6.42 Å². The minimum absolute atomic E-state index is 0.289. The smallest absolute Gasteiger partial charge is 0.121 e. The van der Waals surface area contributed by atoms with Gasteiger partial charge in [-0.25, -0.2) is 4.98 Å². The second-order valence-corrected chi connectivity index (χ2v) is 4.38. The molecule has 1 heterocycles. The zero-order valence-corrected chi connectivity index (χ0v) is 9.17. The number of carbonyl (C=O) groups excluding carboxylic acids is 1. The zero-order valence-electron chi connectivity index (χ0n) is 8.36. The molecule has 1 N–H and O–H groups in total. The van der Waals surface area contributed by atoms with Gasteiger partial charge in [0.15, 0.2) is 0 Å². The Morgan fingerprint density at radius 3 is 2.93 bits per heavy atom. The summed E-state index contributed by atoms with van der Waals surface area (Å²) in [6, 6.07) is -0.353. The normalized spacial score (nSPS) is 12.5. The minimum atomic E-state index is -0.353. The highest BCUT2D eigenvalue weighted by atomic mass is 32.1. The van der Waals surface area contributed by atoms with Gasteiger partial charge >= 0.3 is 0 Å². The third-order valence-corrected chi connectivity index (χ3v) is 2.97. The molecule has 4 nitrogen and oxygen atoms in total. The van der Waals surface area contributed by atoms with E-state index in [2.05, 4.69) is 4.98 Å². The lowest BCUT2D eigenvalue weighted by Gasteiger charge is -2.06. The van der Waals surface area contributed by atoms with Crippen molar-refractivity contribution in [3.8, 4) is 0 Å². The molecule has 0 aliphatic rings. The van der Waals surface area contributed by atoms with Gasteiger partial charge in [0.05, 0.1) is 11.2 Å². The van der Waals surface area contributed by atoms with Gasteiger partial charge in [-0.05, 0) is 0 Å². The van der Waals surface area contributed by atoms with Crippen LogP contribution in [0.15, 0.2) is 6.20 Å². The lowest BCUT2D eigenvalue weighted by atomic mass is 10.2. The predicted molar refractivity (Wildman–Crippen MR) is 57.7 cm³/mol. The van der Waals surface area contributed by atoms with E-state index in [4.69, 9.17) is 5.73 Å². The van der Waals surface area contributed by atoms with Crippen LogP contribution in [0.5, 0.6) is 0 Å². The summed E-state index contributed by atoms with van der Waals surface area (Å²) < 4.78 is 0. The SMILES string of the molecule is CN(C)c1cnc(C[C@H]([NH])CC=O)s1. The van der Waals surface area contributed by atoms with Crippen molar-refractivity contribution >= 4 is 22.6 Å². The van der Waals surface area contributed by atoms with Crippen molar-refractivity contribution in [2.24, 2.45) is 0 Å². The Kier molecular flexibility index (Phi) is 4.03. The lowest BCUT2D eigenvalue weighted by Crippen LogP contribution is -2.12. The molecular formula is C9H14N3OS. The Morgan fingerprint density at radius 2 is 2.43 bits per heavy atom.